The van der Waals surface area contributed by atoms with Crippen molar-refractivity contribution in [1.82, 2.24) is 0 Å². The zero-order chi connectivity index (χ0) is 9.23. The van der Waals surface area contributed by atoms with Crippen LogP contribution < -0.4 is 0 Å². The molecule has 72 valence electrons. The Hall–Kier alpha value is -0.300. The Balaban J connectivity index is 3.21. The summed E-state index contributed by atoms with van der Waals surface area (Å²) in [5, 5.41) is 8.65. The van der Waals surface area contributed by atoms with Gasteiger partial charge in [0.1, 0.15) is 0 Å². The first-order chi connectivity index (χ1) is 5.81. The molecule has 0 aliphatic rings. The molecule has 0 radical (unpaired) electrons. The SMILES string of the molecule is CCCC/C=C\CC(C)CCO. The fraction of sp³-hybridized carbons (Fsp3) is 0.818. The molecule has 1 unspecified atom stereocenters. The van der Waals surface area contributed by atoms with Crippen LogP contribution in [0.15, 0.2) is 12.2 Å². The number of unbranched alkanes of at least 4 members (excludes halogenated alkanes) is 2. The third kappa shape index (κ3) is 7.80. The fourth-order valence-electron chi connectivity index (χ4n) is 1.11. The standard InChI is InChI=1S/C11H22O/c1-3-4-5-6-7-8-11(2)9-10-12/h6-7,11-12H,3-5,8-10H2,1-2H3/b7-6-. The van der Waals surface area contributed by atoms with E-state index in [9.17, 15) is 0 Å². The maximum atomic E-state index is 8.65. The molecule has 12 heavy (non-hydrogen) atoms. The Morgan fingerprint density at radius 2 is 2.08 bits per heavy atom. The fourth-order valence-corrected chi connectivity index (χ4v) is 1.11. The van der Waals surface area contributed by atoms with E-state index >= 15 is 0 Å². The van der Waals surface area contributed by atoms with Crippen LogP contribution in [0.2, 0.25) is 0 Å². The molecule has 0 rings (SSSR count). The average molecular weight is 170 g/mol. The van der Waals surface area contributed by atoms with E-state index in [4.69, 9.17) is 5.11 Å². The highest BCUT2D eigenvalue weighted by Gasteiger charge is 1.96. The van der Waals surface area contributed by atoms with Crippen molar-refractivity contribution in [2.24, 2.45) is 5.92 Å². The molecule has 0 heterocycles. The van der Waals surface area contributed by atoms with E-state index in [0.29, 0.717) is 12.5 Å². The third-order valence-electron chi connectivity index (χ3n) is 2.05. The maximum Gasteiger partial charge on any atom is 0.0433 e. The number of hydrogen-bond donors (Lipinski definition) is 1. The first-order valence-electron chi connectivity index (χ1n) is 5.07. The molecule has 1 atom stereocenters. The molecule has 0 saturated heterocycles. The van der Waals surface area contributed by atoms with E-state index in [-0.39, 0.29) is 0 Å². The maximum absolute atomic E-state index is 8.65. The van der Waals surface area contributed by atoms with Gasteiger partial charge >= 0.3 is 0 Å². The van der Waals surface area contributed by atoms with Gasteiger partial charge in [-0.25, -0.2) is 0 Å². The van der Waals surface area contributed by atoms with E-state index < -0.39 is 0 Å². The summed E-state index contributed by atoms with van der Waals surface area (Å²) in [4.78, 5) is 0. The first-order valence-corrected chi connectivity index (χ1v) is 5.07. The summed E-state index contributed by atoms with van der Waals surface area (Å²) in [6.07, 6.45) is 10.3. The van der Waals surface area contributed by atoms with E-state index in [0.717, 1.165) is 12.8 Å². The minimum atomic E-state index is 0.323. The summed E-state index contributed by atoms with van der Waals surface area (Å²) in [7, 11) is 0. The van der Waals surface area contributed by atoms with Gasteiger partial charge in [0.05, 0.1) is 0 Å². The van der Waals surface area contributed by atoms with Crippen molar-refractivity contribution in [3.8, 4) is 0 Å². The summed E-state index contributed by atoms with van der Waals surface area (Å²) in [6.45, 7) is 4.71. The Morgan fingerprint density at radius 3 is 2.67 bits per heavy atom. The summed E-state index contributed by atoms with van der Waals surface area (Å²) < 4.78 is 0. The second-order valence-electron chi connectivity index (χ2n) is 3.47. The molecule has 0 amide bonds. The summed E-state index contributed by atoms with van der Waals surface area (Å²) in [6, 6.07) is 0. The quantitative estimate of drug-likeness (QED) is 0.459. The van der Waals surface area contributed by atoms with Gasteiger partial charge in [-0.15, -0.1) is 0 Å². The number of aliphatic hydroxyl groups is 1. The number of aliphatic hydroxyl groups excluding tert-OH is 1. The molecular weight excluding hydrogens is 148 g/mol. The first kappa shape index (κ1) is 11.7. The van der Waals surface area contributed by atoms with Crippen LogP contribution in [0, 0.1) is 5.92 Å². The molecule has 0 aromatic rings. The van der Waals surface area contributed by atoms with Crippen molar-refractivity contribution in [3.63, 3.8) is 0 Å². The van der Waals surface area contributed by atoms with Gasteiger partial charge in [-0.05, 0) is 25.2 Å². The van der Waals surface area contributed by atoms with E-state index in [1.807, 2.05) is 0 Å². The predicted molar refractivity (Wildman–Crippen MR) is 54.1 cm³/mol. The molecule has 0 aromatic carbocycles. The second-order valence-corrected chi connectivity index (χ2v) is 3.47. The van der Waals surface area contributed by atoms with Crippen molar-refractivity contribution in [3.05, 3.63) is 12.2 Å². The van der Waals surface area contributed by atoms with Crippen LogP contribution in [0.4, 0.5) is 0 Å². The monoisotopic (exact) mass is 170 g/mol. The lowest BCUT2D eigenvalue weighted by Gasteiger charge is -2.04. The van der Waals surface area contributed by atoms with Crippen LogP contribution in [0.25, 0.3) is 0 Å². The number of hydrogen-bond acceptors (Lipinski definition) is 1. The average Bonchev–Trinajstić information content (AvgIpc) is 2.05. The van der Waals surface area contributed by atoms with Crippen molar-refractivity contribution in [1.29, 1.82) is 0 Å². The van der Waals surface area contributed by atoms with Gasteiger partial charge < -0.3 is 5.11 Å². The normalized spacial score (nSPS) is 13.9. The Kier molecular flexibility index (Phi) is 8.57. The number of allylic oxidation sites excluding steroid dienone is 2. The van der Waals surface area contributed by atoms with Gasteiger partial charge in [0.15, 0.2) is 0 Å². The van der Waals surface area contributed by atoms with Crippen LogP contribution in [0.3, 0.4) is 0 Å². The van der Waals surface area contributed by atoms with Crippen LogP contribution in [-0.2, 0) is 0 Å². The van der Waals surface area contributed by atoms with E-state index in [2.05, 4.69) is 26.0 Å². The van der Waals surface area contributed by atoms with Crippen LogP contribution in [0.5, 0.6) is 0 Å². The van der Waals surface area contributed by atoms with Gasteiger partial charge in [0.2, 0.25) is 0 Å². The van der Waals surface area contributed by atoms with Crippen LogP contribution in [-0.4, -0.2) is 11.7 Å². The van der Waals surface area contributed by atoms with Crippen molar-refractivity contribution in [2.45, 2.75) is 46.0 Å². The van der Waals surface area contributed by atoms with Crippen molar-refractivity contribution in [2.75, 3.05) is 6.61 Å². The van der Waals surface area contributed by atoms with E-state index in [1.165, 1.54) is 19.3 Å². The molecule has 0 aliphatic heterocycles. The topological polar surface area (TPSA) is 20.2 Å². The van der Waals surface area contributed by atoms with Gasteiger partial charge in [0, 0.05) is 6.61 Å². The van der Waals surface area contributed by atoms with Gasteiger partial charge in [-0.1, -0.05) is 38.8 Å². The lowest BCUT2D eigenvalue weighted by Crippen LogP contribution is -1.95. The molecule has 0 bridgehead atoms. The Bertz CT molecular complexity index is 108. The minimum Gasteiger partial charge on any atom is -0.396 e. The molecule has 1 N–H and O–H groups in total. The summed E-state index contributed by atoms with van der Waals surface area (Å²) in [5.41, 5.74) is 0. The zero-order valence-corrected chi connectivity index (χ0v) is 8.42. The minimum absolute atomic E-state index is 0.323. The third-order valence-corrected chi connectivity index (χ3v) is 2.05. The summed E-state index contributed by atoms with van der Waals surface area (Å²) in [5.74, 6) is 0.632. The zero-order valence-electron chi connectivity index (χ0n) is 8.42. The van der Waals surface area contributed by atoms with Gasteiger partial charge in [-0.2, -0.15) is 0 Å². The number of rotatable bonds is 7. The highest BCUT2D eigenvalue weighted by molar-refractivity contribution is 4.82. The second kappa shape index (κ2) is 8.79. The Labute approximate surface area is 76.5 Å². The van der Waals surface area contributed by atoms with Crippen molar-refractivity contribution < 1.29 is 5.11 Å². The van der Waals surface area contributed by atoms with Gasteiger partial charge in [0.25, 0.3) is 0 Å². The molecule has 1 nitrogen and oxygen atoms in total. The Morgan fingerprint density at radius 1 is 1.33 bits per heavy atom. The molecule has 0 saturated carbocycles. The van der Waals surface area contributed by atoms with Crippen molar-refractivity contribution >= 4 is 0 Å². The van der Waals surface area contributed by atoms with E-state index in [1.54, 1.807) is 0 Å². The molecule has 0 aromatic heterocycles. The highest BCUT2D eigenvalue weighted by Crippen LogP contribution is 2.07. The highest BCUT2D eigenvalue weighted by atomic mass is 16.2. The molecular formula is C11H22O. The molecule has 0 fully saturated rings. The summed E-state index contributed by atoms with van der Waals surface area (Å²) >= 11 is 0. The van der Waals surface area contributed by atoms with Gasteiger partial charge in [-0.3, -0.25) is 0 Å². The largest absolute Gasteiger partial charge is 0.396 e. The molecule has 0 spiro atoms. The lowest BCUT2D eigenvalue weighted by atomic mass is 10.0. The molecule has 0 aliphatic carbocycles. The van der Waals surface area contributed by atoms with Crippen LogP contribution >= 0.6 is 0 Å². The van der Waals surface area contributed by atoms with Crippen LogP contribution in [0.1, 0.15) is 46.0 Å². The smallest absolute Gasteiger partial charge is 0.0433 e. The lowest BCUT2D eigenvalue weighted by molar-refractivity contribution is 0.263. The predicted octanol–water partition coefficient (Wildman–Crippen LogP) is 3.14. The molecule has 1 heteroatoms.